The lowest BCUT2D eigenvalue weighted by molar-refractivity contribution is -0.117. The van der Waals surface area contributed by atoms with Crippen molar-refractivity contribution in [3.63, 3.8) is 0 Å². The molecule has 1 aromatic carbocycles. The van der Waals surface area contributed by atoms with Crippen LogP contribution in [0.2, 0.25) is 0 Å². The predicted molar refractivity (Wildman–Crippen MR) is 52.5 cm³/mol. The average molecular weight is 174 g/mol. The van der Waals surface area contributed by atoms with Crippen molar-refractivity contribution in [2.24, 2.45) is 5.92 Å². The molecule has 68 valence electrons. The van der Waals surface area contributed by atoms with Crippen LogP contribution in [0.15, 0.2) is 30.3 Å². The molecule has 0 spiro atoms. The lowest BCUT2D eigenvalue weighted by Gasteiger charge is -2.06. The Morgan fingerprint density at radius 3 is 2.62 bits per heavy atom. The van der Waals surface area contributed by atoms with E-state index in [1.807, 2.05) is 6.07 Å². The Bertz CT molecular complexity index is 289. The van der Waals surface area contributed by atoms with Crippen LogP contribution in [0.25, 0.3) is 0 Å². The first-order valence-corrected chi connectivity index (χ1v) is 4.90. The monoisotopic (exact) mass is 174 g/mol. The van der Waals surface area contributed by atoms with E-state index < -0.39 is 0 Å². The Kier molecular flexibility index (Phi) is 2.44. The number of carbonyl (C=O) groups is 1. The van der Waals surface area contributed by atoms with Gasteiger partial charge in [-0.05, 0) is 24.3 Å². The first-order chi connectivity index (χ1) is 6.34. The fraction of sp³-hybridized carbons (Fsp3) is 0.417. The van der Waals surface area contributed by atoms with Crippen LogP contribution in [0.4, 0.5) is 0 Å². The molecule has 1 aliphatic carbocycles. The van der Waals surface area contributed by atoms with Gasteiger partial charge in [-0.3, -0.25) is 4.79 Å². The van der Waals surface area contributed by atoms with Crippen LogP contribution in [0.1, 0.15) is 24.8 Å². The molecule has 0 heterocycles. The summed E-state index contributed by atoms with van der Waals surface area (Å²) in [6.45, 7) is 0. The predicted octanol–water partition coefficient (Wildman–Crippen LogP) is 2.60. The standard InChI is InChI=1S/C12H14O/c13-12-7-6-11(9-12)8-10-4-2-1-3-5-10/h1-5,11H,6-9H2. The Labute approximate surface area is 78.8 Å². The smallest absolute Gasteiger partial charge is 0.133 e. The molecule has 0 N–H and O–H groups in total. The van der Waals surface area contributed by atoms with Gasteiger partial charge in [-0.25, -0.2) is 0 Å². The fourth-order valence-electron chi connectivity index (χ4n) is 2.01. The van der Waals surface area contributed by atoms with E-state index in [9.17, 15) is 4.79 Å². The molecule has 0 saturated heterocycles. The van der Waals surface area contributed by atoms with Gasteiger partial charge in [0.2, 0.25) is 0 Å². The summed E-state index contributed by atoms with van der Waals surface area (Å²) >= 11 is 0. The molecule has 1 atom stereocenters. The second-order valence-electron chi connectivity index (χ2n) is 3.84. The zero-order chi connectivity index (χ0) is 9.10. The summed E-state index contributed by atoms with van der Waals surface area (Å²) in [5, 5.41) is 0. The van der Waals surface area contributed by atoms with E-state index in [1.54, 1.807) is 0 Å². The molecule has 1 aliphatic rings. The maximum Gasteiger partial charge on any atom is 0.133 e. The molecule has 1 heteroatoms. The first-order valence-electron chi connectivity index (χ1n) is 4.90. The molecule has 1 aromatic rings. The van der Waals surface area contributed by atoms with E-state index in [2.05, 4.69) is 24.3 Å². The lowest BCUT2D eigenvalue weighted by atomic mass is 9.98. The summed E-state index contributed by atoms with van der Waals surface area (Å²) in [7, 11) is 0. The molecule has 13 heavy (non-hydrogen) atoms. The van der Waals surface area contributed by atoms with Gasteiger partial charge < -0.3 is 0 Å². The number of Topliss-reactive ketones (excluding diaryl/α,β-unsaturated/α-hetero) is 1. The van der Waals surface area contributed by atoms with Crippen LogP contribution in [-0.2, 0) is 11.2 Å². The number of benzene rings is 1. The highest BCUT2D eigenvalue weighted by Crippen LogP contribution is 2.25. The molecular weight excluding hydrogens is 160 g/mol. The van der Waals surface area contributed by atoms with Crippen LogP contribution in [0.5, 0.6) is 0 Å². The van der Waals surface area contributed by atoms with Gasteiger partial charge in [0.25, 0.3) is 0 Å². The Hall–Kier alpha value is -1.11. The fourth-order valence-corrected chi connectivity index (χ4v) is 2.01. The number of hydrogen-bond donors (Lipinski definition) is 0. The highest BCUT2D eigenvalue weighted by molar-refractivity contribution is 5.80. The summed E-state index contributed by atoms with van der Waals surface area (Å²) in [5.41, 5.74) is 1.36. The molecule has 0 aromatic heterocycles. The zero-order valence-electron chi connectivity index (χ0n) is 7.70. The highest BCUT2D eigenvalue weighted by Gasteiger charge is 2.21. The van der Waals surface area contributed by atoms with Crippen LogP contribution in [0.3, 0.4) is 0 Å². The van der Waals surface area contributed by atoms with Gasteiger partial charge in [0.05, 0.1) is 0 Å². The molecule has 1 nitrogen and oxygen atoms in total. The topological polar surface area (TPSA) is 17.1 Å². The summed E-state index contributed by atoms with van der Waals surface area (Å²) in [6.07, 6.45) is 3.77. The Balaban J connectivity index is 1.96. The third-order valence-electron chi connectivity index (χ3n) is 2.71. The quantitative estimate of drug-likeness (QED) is 0.673. The van der Waals surface area contributed by atoms with Crippen molar-refractivity contribution in [3.8, 4) is 0 Å². The number of hydrogen-bond acceptors (Lipinski definition) is 1. The minimum Gasteiger partial charge on any atom is -0.300 e. The first kappa shape index (κ1) is 8.49. The van der Waals surface area contributed by atoms with E-state index >= 15 is 0 Å². The van der Waals surface area contributed by atoms with Gasteiger partial charge in [0, 0.05) is 12.8 Å². The van der Waals surface area contributed by atoms with Crippen LogP contribution < -0.4 is 0 Å². The molecule has 0 radical (unpaired) electrons. The largest absolute Gasteiger partial charge is 0.300 e. The van der Waals surface area contributed by atoms with Crippen molar-refractivity contribution in [3.05, 3.63) is 35.9 Å². The van der Waals surface area contributed by atoms with Gasteiger partial charge in [-0.1, -0.05) is 30.3 Å². The Morgan fingerprint density at radius 1 is 1.23 bits per heavy atom. The molecular formula is C12H14O. The molecule has 1 saturated carbocycles. The minimum atomic E-state index is 0.445. The summed E-state index contributed by atoms with van der Waals surface area (Å²) < 4.78 is 0. The van der Waals surface area contributed by atoms with Crippen molar-refractivity contribution in [1.29, 1.82) is 0 Å². The van der Waals surface area contributed by atoms with Crippen molar-refractivity contribution < 1.29 is 4.79 Å². The van der Waals surface area contributed by atoms with Gasteiger partial charge in [-0.15, -0.1) is 0 Å². The molecule has 1 unspecified atom stereocenters. The SMILES string of the molecule is O=C1CCC(Cc2ccccc2)C1. The van der Waals surface area contributed by atoms with Crippen LogP contribution >= 0.6 is 0 Å². The number of carbonyl (C=O) groups excluding carboxylic acids is 1. The van der Waals surface area contributed by atoms with E-state index in [4.69, 9.17) is 0 Å². The minimum absolute atomic E-state index is 0.445. The van der Waals surface area contributed by atoms with Gasteiger partial charge in [0.1, 0.15) is 5.78 Å². The maximum absolute atomic E-state index is 11.0. The molecule has 0 amide bonds. The highest BCUT2D eigenvalue weighted by atomic mass is 16.1. The van der Waals surface area contributed by atoms with Crippen LogP contribution in [-0.4, -0.2) is 5.78 Å². The van der Waals surface area contributed by atoms with Gasteiger partial charge >= 0.3 is 0 Å². The third kappa shape index (κ3) is 2.18. The molecule has 2 rings (SSSR count). The van der Waals surface area contributed by atoms with E-state index in [-0.39, 0.29) is 0 Å². The summed E-state index contributed by atoms with van der Waals surface area (Å²) in [6, 6.07) is 10.4. The second kappa shape index (κ2) is 3.73. The summed E-state index contributed by atoms with van der Waals surface area (Å²) in [5.74, 6) is 1.05. The van der Waals surface area contributed by atoms with Gasteiger partial charge in [-0.2, -0.15) is 0 Å². The molecule has 0 aliphatic heterocycles. The normalized spacial score (nSPS) is 22.2. The Morgan fingerprint density at radius 2 is 2.00 bits per heavy atom. The number of rotatable bonds is 2. The summed E-state index contributed by atoms with van der Waals surface area (Å²) in [4.78, 5) is 11.0. The number of ketones is 1. The third-order valence-corrected chi connectivity index (χ3v) is 2.71. The van der Waals surface area contributed by atoms with Crippen LogP contribution in [0, 0.1) is 5.92 Å². The van der Waals surface area contributed by atoms with Crippen molar-refractivity contribution in [2.45, 2.75) is 25.7 Å². The zero-order valence-corrected chi connectivity index (χ0v) is 7.70. The van der Waals surface area contributed by atoms with E-state index in [0.29, 0.717) is 11.7 Å². The van der Waals surface area contributed by atoms with Crippen molar-refractivity contribution >= 4 is 5.78 Å². The van der Waals surface area contributed by atoms with Crippen molar-refractivity contribution in [1.82, 2.24) is 0 Å². The molecule has 1 fully saturated rings. The second-order valence-corrected chi connectivity index (χ2v) is 3.84. The van der Waals surface area contributed by atoms with Crippen molar-refractivity contribution in [2.75, 3.05) is 0 Å². The van der Waals surface area contributed by atoms with Gasteiger partial charge in [0.15, 0.2) is 0 Å². The lowest BCUT2D eigenvalue weighted by Crippen LogP contribution is -1.99. The molecule has 0 bridgehead atoms. The van der Waals surface area contributed by atoms with E-state index in [1.165, 1.54) is 5.56 Å². The maximum atomic E-state index is 11.0. The van der Waals surface area contributed by atoms with E-state index in [0.717, 1.165) is 25.7 Å². The average Bonchev–Trinajstić information content (AvgIpc) is 2.53.